The van der Waals surface area contributed by atoms with E-state index in [4.69, 9.17) is 4.74 Å². The zero-order valence-electron chi connectivity index (χ0n) is 18.2. The molecule has 1 aromatic carbocycles. The summed E-state index contributed by atoms with van der Waals surface area (Å²) in [6.45, 7) is 6.05. The highest BCUT2D eigenvalue weighted by Gasteiger charge is 2.32. The number of amides is 1. The van der Waals surface area contributed by atoms with E-state index in [1.807, 2.05) is 25.1 Å². The molecule has 3 heterocycles. The van der Waals surface area contributed by atoms with Gasteiger partial charge < -0.3 is 15.0 Å². The molecule has 0 bridgehead atoms. The number of benzene rings is 1. The van der Waals surface area contributed by atoms with Gasteiger partial charge in [-0.1, -0.05) is 24.3 Å². The minimum Gasteiger partial charge on any atom is -0.464 e. The predicted octanol–water partition coefficient (Wildman–Crippen LogP) is 4.15. The van der Waals surface area contributed by atoms with Gasteiger partial charge >= 0.3 is 6.01 Å². The van der Waals surface area contributed by atoms with E-state index in [-0.39, 0.29) is 16.8 Å². The largest absolute Gasteiger partial charge is 0.464 e. The van der Waals surface area contributed by atoms with Crippen LogP contribution in [0.3, 0.4) is 0 Å². The van der Waals surface area contributed by atoms with E-state index in [1.54, 1.807) is 6.20 Å². The number of aryl methyl sites for hydroxylation is 1. The molecule has 1 N–H and O–H groups in total. The number of ether oxygens (including phenoxy) is 1. The van der Waals surface area contributed by atoms with Gasteiger partial charge in [-0.05, 0) is 37.5 Å². The molecule has 1 aliphatic rings. The Kier molecular flexibility index (Phi) is 6.68. The summed E-state index contributed by atoms with van der Waals surface area (Å²) < 4.78 is 5.28. The number of carbonyl (C=O) groups excluding carboxylic acids is 1. The fourth-order valence-corrected chi connectivity index (χ4v) is 4.47. The minimum absolute atomic E-state index is 0.0323. The highest BCUT2D eigenvalue weighted by Crippen LogP contribution is 2.42. The van der Waals surface area contributed by atoms with Crippen LogP contribution in [0.15, 0.2) is 48.9 Å². The summed E-state index contributed by atoms with van der Waals surface area (Å²) >= 11 is 0. The molecule has 7 nitrogen and oxygen atoms in total. The van der Waals surface area contributed by atoms with Crippen molar-refractivity contribution in [3.8, 4) is 17.1 Å². The third kappa shape index (κ3) is 4.90. The van der Waals surface area contributed by atoms with E-state index in [0.717, 1.165) is 42.0 Å². The van der Waals surface area contributed by atoms with Crippen LogP contribution in [0, 0.1) is 6.92 Å². The SMILES string of the molecule is CCOc1ncc(C(=O)Nc2c(-c3ccccc3C)ccnc2N2CCC(P)(P)C2)cn1. The molecule has 1 amide bonds. The molecule has 2 atom stereocenters. The molecular weight excluding hydrogens is 440 g/mol. The maximum Gasteiger partial charge on any atom is 0.316 e. The number of pyridine rings is 1. The van der Waals surface area contributed by atoms with Crippen LogP contribution < -0.4 is 15.0 Å². The molecule has 1 aliphatic heterocycles. The molecule has 1 fully saturated rings. The number of aromatic nitrogens is 3. The average molecular weight is 467 g/mol. The Bertz CT molecular complexity index is 1120. The van der Waals surface area contributed by atoms with Gasteiger partial charge in [0.15, 0.2) is 5.82 Å². The van der Waals surface area contributed by atoms with Crippen LogP contribution in [0.2, 0.25) is 0 Å². The van der Waals surface area contributed by atoms with Gasteiger partial charge in [0.1, 0.15) is 0 Å². The van der Waals surface area contributed by atoms with Crippen molar-refractivity contribution in [2.75, 3.05) is 29.9 Å². The van der Waals surface area contributed by atoms with Crippen LogP contribution in [-0.4, -0.2) is 45.5 Å². The number of nitrogens with one attached hydrogen (secondary N) is 1. The van der Waals surface area contributed by atoms with Gasteiger partial charge in [-0.3, -0.25) is 4.79 Å². The molecule has 2 unspecified atom stereocenters. The highest BCUT2D eigenvalue weighted by molar-refractivity contribution is 7.40. The van der Waals surface area contributed by atoms with Crippen molar-refractivity contribution >= 4 is 35.9 Å². The van der Waals surface area contributed by atoms with Crippen LogP contribution in [0.1, 0.15) is 29.3 Å². The first-order valence-electron chi connectivity index (χ1n) is 10.5. The smallest absolute Gasteiger partial charge is 0.316 e. The second-order valence-corrected chi connectivity index (χ2v) is 10.9. The number of hydrogen-bond acceptors (Lipinski definition) is 6. The fourth-order valence-electron chi connectivity index (χ4n) is 3.77. The summed E-state index contributed by atoms with van der Waals surface area (Å²) in [6, 6.07) is 10.3. The lowest BCUT2D eigenvalue weighted by atomic mass is 9.99. The second-order valence-electron chi connectivity index (χ2n) is 7.92. The average Bonchev–Trinajstić information content (AvgIpc) is 3.14. The Morgan fingerprint density at radius 2 is 1.91 bits per heavy atom. The van der Waals surface area contributed by atoms with Gasteiger partial charge in [0, 0.05) is 42.1 Å². The summed E-state index contributed by atoms with van der Waals surface area (Å²) in [5, 5.41) is 3.10. The van der Waals surface area contributed by atoms with Gasteiger partial charge in [-0.15, -0.1) is 18.5 Å². The van der Waals surface area contributed by atoms with Gasteiger partial charge in [-0.2, -0.15) is 0 Å². The first-order chi connectivity index (χ1) is 15.4. The Balaban J connectivity index is 1.74. The molecule has 4 rings (SSSR count). The quantitative estimate of drug-likeness (QED) is 0.549. The lowest BCUT2D eigenvalue weighted by Crippen LogP contribution is -2.26. The lowest BCUT2D eigenvalue weighted by Gasteiger charge is -2.25. The van der Waals surface area contributed by atoms with Crippen LogP contribution in [-0.2, 0) is 0 Å². The van der Waals surface area contributed by atoms with Crippen molar-refractivity contribution in [2.45, 2.75) is 25.2 Å². The van der Waals surface area contributed by atoms with E-state index in [1.165, 1.54) is 12.4 Å². The van der Waals surface area contributed by atoms with Crippen molar-refractivity contribution in [1.82, 2.24) is 15.0 Å². The van der Waals surface area contributed by atoms with Crippen molar-refractivity contribution in [1.29, 1.82) is 0 Å². The molecule has 3 aromatic rings. The van der Waals surface area contributed by atoms with Gasteiger partial charge in [0.25, 0.3) is 5.91 Å². The molecule has 0 aliphatic carbocycles. The molecule has 0 spiro atoms. The Hall–Kier alpha value is -2.62. The third-order valence-electron chi connectivity index (χ3n) is 5.40. The zero-order valence-corrected chi connectivity index (χ0v) is 20.5. The van der Waals surface area contributed by atoms with Crippen LogP contribution in [0.25, 0.3) is 11.1 Å². The number of rotatable bonds is 6. The van der Waals surface area contributed by atoms with E-state index in [2.05, 4.69) is 62.7 Å². The first kappa shape index (κ1) is 22.6. The molecule has 2 aromatic heterocycles. The molecule has 32 heavy (non-hydrogen) atoms. The molecular formula is C23H27N5O2P2. The normalized spacial score (nSPS) is 14.9. The van der Waals surface area contributed by atoms with Crippen molar-refractivity contribution < 1.29 is 9.53 Å². The van der Waals surface area contributed by atoms with E-state index in [9.17, 15) is 4.79 Å². The predicted molar refractivity (Wildman–Crippen MR) is 135 cm³/mol. The lowest BCUT2D eigenvalue weighted by molar-refractivity contribution is 0.102. The summed E-state index contributed by atoms with van der Waals surface area (Å²) in [7, 11) is 5.81. The molecule has 9 heteroatoms. The second kappa shape index (κ2) is 9.48. The fraction of sp³-hybridized carbons (Fsp3) is 0.304. The minimum atomic E-state index is -0.292. The maximum absolute atomic E-state index is 13.2. The van der Waals surface area contributed by atoms with Gasteiger partial charge in [0.05, 0.1) is 17.9 Å². The Labute approximate surface area is 192 Å². The summed E-state index contributed by atoms with van der Waals surface area (Å²) in [4.78, 5) is 28.3. The van der Waals surface area contributed by atoms with Crippen molar-refractivity contribution in [3.63, 3.8) is 0 Å². The van der Waals surface area contributed by atoms with Crippen molar-refractivity contribution in [2.24, 2.45) is 0 Å². The van der Waals surface area contributed by atoms with E-state index in [0.29, 0.717) is 17.9 Å². The van der Waals surface area contributed by atoms with Gasteiger partial charge in [0.2, 0.25) is 0 Å². The Morgan fingerprint density at radius 1 is 1.16 bits per heavy atom. The standard InChI is InChI=1S/C23H27N5O2P2/c1-3-30-22-25-12-16(13-26-22)21(29)27-19-18(17-7-5-4-6-15(17)2)8-10-24-20(19)28-11-9-23(31,32)14-28/h4-8,10,12-13H,3,9,11,14,31-32H2,1-2H3,(H,27,29). The number of hydrogen-bond donors (Lipinski definition) is 1. The monoisotopic (exact) mass is 467 g/mol. The molecule has 0 radical (unpaired) electrons. The van der Waals surface area contributed by atoms with Crippen LogP contribution in [0.4, 0.5) is 11.5 Å². The Morgan fingerprint density at radius 3 is 2.56 bits per heavy atom. The zero-order chi connectivity index (χ0) is 22.7. The first-order valence-corrected chi connectivity index (χ1v) is 11.7. The topological polar surface area (TPSA) is 80.2 Å². The molecule has 1 saturated heterocycles. The van der Waals surface area contributed by atoms with E-state index >= 15 is 0 Å². The van der Waals surface area contributed by atoms with E-state index < -0.39 is 0 Å². The van der Waals surface area contributed by atoms with Crippen LogP contribution >= 0.6 is 18.5 Å². The number of anilines is 2. The highest BCUT2D eigenvalue weighted by atomic mass is 31.1. The number of carbonyl (C=O) groups is 1. The number of nitrogens with zero attached hydrogens (tertiary/aromatic N) is 4. The van der Waals surface area contributed by atoms with Crippen molar-refractivity contribution in [3.05, 3.63) is 60.0 Å². The summed E-state index contributed by atoms with van der Waals surface area (Å²) in [6.07, 6.45) is 5.75. The third-order valence-corrected chi connectivity index (χ3v) is 6.34. The molecule has 166 valence electrons. The summed E-state index contributed by atoms with van der Waals surface area (Å²) in [5.41, 5.74) is 4.15. The van der Waals surface area contributed by atoms with Crippen LogP contribution in [0.5, 0.6) is 6.01 Å². The van der Waals surface area contributed by atoms with Gasteiger partial charge in [-0.25, -0.2) is 15.0 Å². The molecule has 0 saturated carbocycles. The maximum atomic E-state index is 13.2. The summed E-state index contributed by atoms with van der Waals surface area (Å²) in [5.74, 6) is 0.470.